The topological polar surface area (TPSA) is 42.0 Å². The first-order valence-electron chi connectivity index (χ1n) is 8.17. The van der Waals surface area contributed by atoms with Crippen LogP contribution in [0.15, 0.2) is 42.5 Å². The van der Waals surface area contributed by atoms with Crippen LogP contribution in [0.4, 0.5) is 4.39 Å². The van der Waals surface area contributed by atoms with Crippen LogP contribution < -0.4 is 5.32 Å². The fraction of sp³-hybridized carbons (Fsp3) is 0.200. The molecule has 0 radical (unpaired) electrons. The highest BCUT2D eigenvalue weighted by Gasteiger charge is 2.14. The predicted molar refractivity (Wildman–Crippen MR) is 104 cm³/mol. The van der Waals surface area contributed by atoms with Gasteiger partial charge in [0, 0.05) is 21.0 Å². The number of aryl methyl sites for hydroxylation is 2. The summed E-state index contributed by atoms with van der Waals surface area (Å²) in [6, 6.07) is 12.5. The van der Waals surface area contributed by atoms with E-state index in [-0.39, 0.29) is 22.9 Å². The number of hydrogen-bond donors (Lipinski definition) is 1. The van der Waals surface area contributed by atoms with Gasteiger partial charge < -0.3 is 5.32 Å². The van der Waals surface area contributed by atoms with Gasteiger partial charge in [-0.1, -0.05) is 41.9 Å². The van der Waals surface area contributed by atoms with Gasteiger partial charge >= 0.3 is 0 Å². The fourth-order valence-electron chi connectivity index (χ4n) is 2.62. The van der Waals surface area contributed by atoms with Crippen LogP contribution >= 0.6 is 22.9 Å². The Kier molecular flexibility index (Phi) is 5.69. The summed E-state index contributed by atoms with van der Waals surface area (Å²) in [4.78, 5) is 17.8. The van der Waals surface area contributed by atoms with Crippen LogP contribution in [0.5, 0.6) is 0 Å². The van der Waals surface area contributed by atoms with Gasteiger partial charge in [0.15, 0.2) is 0 Å². The number of thiazole rings is 1. The maximum atomic E-state index is 13.8. The summed E-state index contributed by atoms with van der Waals surface area (Å²) in [7, 11) is 0. The van der Waals surface area contributed by atoms with Gasteiger partial charge in [-0.2, -0.15) is 0 Å². The van der Waals surface area contributed by atoms with Crippen molar-refractivity contribution in [1.82, 2.24) is 10.3 Å². The molecule has 1 aromatic heterocycles. The molecule has 0 fully saturated rings. The zero-order valence-electron chi connectivity index (χ0n) is 14.5. The highest BCUT2D eigenvalue weighted by molar-refractivity contribution is 7.15. The molecule has 0 saturated heterocycles. The lowest BCUT2D eigenvalue weighted by atomic mass is 10.1. The minimum atomic E-state index is -0.469. The molecule has 3 aromatic rings. The van der Waals surface area contributed by atoms with Gasteiger partial charge in [0.25, 0.3) is 0 Å². The van der Waals surface area contributed by atoms with Gasteiger partial charge in [-0.25, -0.2) is 9.37 Å². The molecule has 0 aliphatic carbocycles. The van der Waals surface area contributed by atoms with E-state index in [4.69, 9.17) is 11.6 Å². The van der Waals surface area contributed by atoms with Gasteiger partial charge in [-0.05, 0) is 31.5 Å². The molecule has 0 atom stereocenters. The van der Waals surface area contributed by atoms with Crippen molar-refractivity contribution in [2.45, 2.75) is 26.8 Å². The Morgan fingerprint density at radius 3 is 2.69 bits per heavy atom. The molecule has 2 aromatic carbocycles. The lowest BCUT2D eigenvalue weighted by molar-refractivity contribution is -0.120. The molecule has 0 bridgehead atoms. The number of carbonyl (C=O) groups is 1. The van der Waals surface area contributed by atoms with E-state index in [9.17, 15) is 9.18 Å². The summed E-state index contributed by atoms with van der Waals surface area (Å²) in [5, 5.41) is 4.02. The predicted octanol–water partition coefficient (Wildman–Crippen LogP) is 5.08. The second kappa shape index (κ2) is 7.98. The van der Waals surface area contributed by atoms with Crippen LogP contribution in [0.25, 0.3) is 10.6 Å². The zero-order valence-corrected chi connectivity index (χ0v) is 16.0. The molecule has 0 aliphatic rings. The Bertz CT molecular complexity index is 934. The molecule has 1 N–H and O–H groups in total. The summed E-state index contributed by atoms with van der Waals surface area (Å²) in [5.74, 6) is -0.745. The van der Waals surface area contributed by atoms with E-state index in [2.05, 4.69) is 10.3 Å². The maximum Gasteiger partial charge on any atom is 0.224 e. The fourth-order valence-corrected chi connectivity index (χ4v) is 3.95. The third kappa shape index (κ3) is 4.11. The van der Waals surface area contributed by atoms with E-state index in [0.717, 1.165) is 26.7 Å². The van der Waals surface area contributed by atoms with Crippen LogP contribution in [0, 0.1) is 19.7 Å². The minimum Gasteiger partial charge on any atom is -0.351 e. The normalized spacial score (nSPS) is 10.8. The van der Waals surface area contributed by atoms with Crippen molar-refractivity contribution < 1.29 is 9.18 Å². The highest BCUT2D eigenvalue weighted by atomic mass is 35.5. The van der Waals surface area contributed by atoms with Crippen molar-refractivity contribution in [1.29, 1.82) is 0 Å². The molecular formula is C20H18ClFN2OS. The Hall–Kier alpha value is -2.24. The van der Waals surface area contributed by atoms with Gasteiger partial charge in [-0.3, -0.25) is 4.79 Å². The number of amides is 1. The van der Waals surface area contributed by atoms with Crippen molar-refractivity contribution in [2.75, 3.05) is 0 Å². The molecule has 3 nitrogen and oxygen atoms in total. The Morgan fingerprint density at radius 2 is 1.96 bits per heavy atom. The largest absolute Gasteiger partial charge is 0.351 e. The average Bonchev–Trinajstić information content (AvgIpc) is 2.97. The number of aromatic nitrogens is 1. The number of hydrogen-bond acceptors (Lipinski definition) is 3. The summed E-state index contributed by atoms with van der Waals surface area (Å²) in [5.41, 5.74) is 3.35. The van der Waals surface area contributed by atoms with Gasteiger partial charge in [0.05, 0.1) is 18.7 Å². The first kappa shape index (κ1) is 18.5. The van der Waals surface area contributed by atoms with Crippen molar-refractivity contribution in [3.8, 4) is 10.6 Å². The standard InChI is InChI=1S/C20H18ClFN2OS/c1-12-6-3-4-7-14(12)20-24-13(2)18(26-20)11-23-19(25)10-15-16(21)8-5-9-17(15)22/h3-9H,10-11H2,1-2H3,(H,23,25). The van der Waals surface area contributed by atoms with E-state index >= 15 is 0 Å². The lowest BCUT2D eigenvalue weighted by Crippen LogP contribution is -2.25. The molecule has 1 amide bonds. The average molecular weight is 389 g/mol. The highest BCUT2D eigenvalue weighted by Crippen LogP contribution is 2.30. The number of carbonyl (C=O) groups excluding carboxylic acids is 1. The summed E-state index contributed by atoms with van der Waals surface area (Å²) >= 11 is 7.53. The molecule has 1 heterocycles. The van der Waals surface area contributed by atoms with Gasteiger partial charge in [0.2, 0.25) is 5.91 Å². The number of nitrogens with one attached hydrogen (secondary N) is 1. The second-order valence-corrected chi connectivity index (χ2v) is 7.49. The second-order valence-electron chi connectivity index (χ2n) is 6.00. The van der Waals surface area contributed by atoms with Gasteiger partial charge in [-0.15, -0.1) is 11.3 Å². The number of benzene rings is 2. The Morgan fingerprint density at radius 1 is 1.19 bits per heavy atom. The third-order valence-corrected chi connectivity index (χ3v) is 5.66. The monoisotopic (exact) mass is 388 g/mol. The molecule has 0 unspecified atom stereocenters. The summed E-state index contributed by atoms with van der Waals surface area (Å²) < 4.78 is 13.8. The minimum absolute atomic E-state index is 0.0893. The van der Waals surface area contributed by atoms with Crippen LogP contribution in [0.1, 0.15) is 21.7 Å². The van der Waals surface area contributed by atoms with E-state index in [1.165, 1.54) is 12.1 Å². The van der Waals surface area contributed by atoms with E-state index in [1.54, 1.807) is 17.4 Å². The molecular weight excluding hydrogens is 371 g/mol. The maximum absolute atomic E-state index is 13.8. The number of halogens is 2. The molecule has 3 rings (SSSR count). The smallest absolute Gasteiger partial charge is 0.224 e. The molecule has 0 saturated carbocycles. The van der Waals surface area contributed by atoms with E-state index in [0.29, 0.717) is 6.54 Å². The first-order valence-corrected chi connectivity index (χ1v) is 9.37. The van der Waals surface area contributed by atoms with Crippen LogP contribution in [0.2, 0.25) is 5.02 Å². The third-order valence-electron chi connectivity index (χ3n) is 4.11. The van der Waals surface area contributed by atoms with E-state index < -0.39 is 5.82 Å². The van der Waals surface area contributed by atoms with E-state index in [1.807, 2.05) is 38.1 Å². The lowest BCUT2D eigenvalue weighted by Gasteiger charge is -2.07. The molecule has 0 spiro atoms. The van der Waals surface area contributed by atoms with Crippen molar-refractivity contribution in [3.05, 3.63) is 75.0 Å². The molecule has 6 heteroatoms. The molecule has 26 heavy (non-hydrogen) atoms. The van der Waals surface area contributed by atoms with Crippen molar-refractivity contribution in [2.24, 2.45) is 0 Å². The SMILES string of the molecule is Cc1ccccc1-c1nc(C)c(CNC(=O)Cc2c(F)cccc2Cl)s1. The van der Waals surface area contributed by atoms with Crippen molar-refractivity contribution >= 4 is 28.8 Å². The van der Waals surface area contributed by atoms with Crippen LogP contribution in [-0.4, -0.2) is 10.9 Å². The zero-order chi connectivity index (χ0) is 18.7. The van der Waals surface area contributed by atoms with Crippen LogP contribution in [0.3, 0.4) is 0 Å². The number of nitrogens with zero attached hydrogens (tertiary/aromatic N) is 1. The Labute approximate surface area is 160 Å². The molecule has 134 valence electrons. The first-order chi connectivity index (χ1) is 12.5. The summed E-state index contributed by atoms with van der Waals surface area (Å²) in [6.07, 6.45) is -0.0893. The van der Waals surface area contributed by atoms with Crippen LogP contribution in [-0.2, 0) is 17.8 Å². The summed E-state index contributed by atoms with van der Waals surface area (Å²) in [6.45, 7) is 4.33. The molecule has 0 aliphatic heterocycles. The van der Waals surface area contributed by atoms with Crippen molar-refractivity contribution in [3.63, 3.8) is 0 Å². The Balaban J connectivity index is 1.69. The number of rotatable bonds is 5. The quantitative estimate of drug-likeness (QED) is 0.662. The van der Waals surface area contributed by atoms with Gasteiger partial charge in [0.1, 0.15) is 10.8 Å².